The van der Waals surface area contributed by atoms with Crippen molar-refractivity contribution in [3.8, 4) is 5.75 Å². The molecule has 3 aromatic rings. The van der Waals surface area contributed by atoms with E-state index < -0.39 is 35.8 Å². The first-order valence-electron chi connectivity index (χ1n) is 10.4. The van der Waals surface area contributed by atoms with Crippen molar-refractivity contribution in [2.24, 2.45) is 5.73 Å². The third-order valence-corrected chi connectivity index (χ3v) is 5.41. The van der Waals surface area contributed by atoms with Gasteiger partial charge in [0.2, 0.25) is 5.91 Å². The Morgan fingerprint density at radius 3 is 2.31 bits per heavy atom. The van der Waals surface area contributed by atoms with Crippen LogP contribution in [0.1, 0.15) is 16.7 Å². The predicted molar refractivity (Wildman–Crippen MR) is 118 cm³/mol. The van der Waals surface area contributed by atoms with Crippen molar-refractivity contribution in [3.63, 3.8) is 0 Å². The van der Waals surface area contributed by atoms with Gasteiger partial charge in [-0.25, -0.2) is 4.79 Å². The van der Waals surface area contributed by atoms with Gasteiger partial charge in [-0.15, -0.1) is 0 Å². The van der Waals surface area contributed by atoms with Gasteiger partial charge in [0.25, 0.3) is 0 Å². The molecule has 0 saturated carbocycles. The van der Waals surface area contributed by atoms with Gasteiger partial charge in [0.1, 0.15) is 12.6 Å². The second-order valence-corrected chi connectivity index (χ2v) is 7.88. The molecule has 0 aromatic heterocycles. The minimum atomic E-state index is -5.08. The highest BCUT2D eigenvalue weighted by atomic mass is 19.4. The summed E-state index contributed by atoms with van der Waals surface area (Å²) in [5.74, 6) is -3.60. The molecule has 1 atom stereocenters. The van der Waals surface area contributed by atoms with Gasteiger partial charge in [-0.05, 0) is 41.0 Å². The van der Waals surface area contributed by atoms with E-state index in [1.807, 2.05) is 43.3 Å². The summed E-state index contributed by atoms with van der Waals surface area (Å²) in [6, 6.07) is 14.2. The number of carbonyl (C=O) groups excluding carboxylic acids is 1. The molecule has 4 rings (SSSR count). The van der Waals surface area contributed by atoms with Crippen molar-refractivity contribution in [1.29, 1.82) is 0 Å². The number of halogens is 6. The van der Waals surface area contributed by atoms with Crippen LogP contribution in [0.25, 0.3) is 10.8 Å². The van der Waals surface area contributed by atoms with E-state index in [9.17, 15) is 31.1 Å². The SMILES string of the molecule is Cc1ccc2ccccc2c1CN1C(=O)[C@@H](N)COc2c1cccc2C(F)(F)F.O=C(O)C(F)(F)F. The van der Waals surface area contributed by atoms with E-state index in [1.165, 1.54) is 17.0 Å². The minimum absolute atomic E-state index is 0.0742. The van der Waals surface area contributed by atoms with Crippen molar-refractivity contribution in [1.82, 2.24) is 0 Å². The number of carboxylic acid groups (broad SMARTS) is 1. The number of para-hydroxylation sites is 1. The van der Waals surface area contributed by atoms with Crippen LogP contribution in [0.5, 0.6) is 5.75 Å². The summed E-state index contributed by atoms with van der Waals surface area (Å²) in [4.78, 5) is 23.2. The third-order valence-electron chi connectivity index (χ3n) is 5.41. The average molecular weight is 514 g/mol. The molecule has 36 heavy (non-hydrogen) atoms. The second kappa shape index (κ2) is 10.1. The Kier molecular flexibility index (Phi) is 7.48. The number of nitrogens with zero attached hydrogens (tertiary/aromatic N) is 1. The number of alkyl halides is 6. The summed E-state index contributed by atoms with van der Waals surface area (Å²) in [6.45, 7) is 1.69. The Balaban J connectivity index is 0.000000454. The number of carboxylic acids is 1. The maximum absolute atomic E-state index is 13.5. The van der Waals surface area contributed by atoms with Crippen LogP contribution in [0.2, 0.25) is 0 Å². The molecule has 0 spiro atoms. The monoisotopic (exact) mass is 514 g/mol. The van der Waals surface area contributed by atoms with Crippen molar-refractivity contribution in [2.45, 2.75) is 31.9 Å². The number of anilines is 1. The largest absolute Gasteiger partial charge is 0.490 e. The molecule has 0 unspecified atom stereocenters. The first-order valence-corrected chi connectivity index (χ1v) is 10.4. The molecule has 1 aliphatic rings. The summed E-state index contributed by atoms with van der Waals surface area (Å²) >= 11 is 0. The van der Waals surface area contributed by atoms with Gasteiger partial charge < -0.3 is 20.5 Å². The van der Waals surface area contributed by atoms with E-state index in [0.717, 1.165) is 28.0 Å². The van der Waals surface area contributed by atoms with Gasteiger partial charge in [0.15, 0.2) is 5.75 Å². The molecule has 0 saturated heterocycles. The summed E-state index contributed by atoms with van der Waals surface area (Å²) in [5.41, 5.74) is 6.86. The minimum Gasteiger partial charge on any atom is -0.489 e. The topological polar surface area (TPSA) is 92.9 Å². The maximum Gasteiger partial charge on any atom is 0.490 e. The molecule has 1 heterocycles. The van der Waals surface area contributed by atoms with E-state index in [0.29, 0.717) is 0 Å². The molecule has 192 valence electrons. The zero-order chi connectivity index (χ0) is 26.8. The number of hydrogen-bond acceptors (Lipinski definition) is 4. The fourth-order valence-electron chi connectivity index (χ4n) is 3.65. The molecule has 0 radical (unpaired) electrons. The highest BCUT2D eigenvalue weighted by Gasteiger charge is 2.40. The molecule has 6 nitrogen and oxygen atoms in total. The number of aliphatic carboxylic acids is 1. The average Bonchev–Trinajstić information content (AvgIpc) is 2.91. The summed E-state index contributed by atoms with van der Waals surface area (Å²) in [5, 5.41) is 9.05. The molecule has 0 fully saturated rings. The molecule has 3 aromatic carbocycles. The zero-order valence-electron chi connectivity index (χ0n) is 18.7. The van der Waals surface area contributed by atoms with Crippen molar-refractivity contribution < 1.29 is 45.8 Å². The molecule has 1 aliphatic heterocycles. The molecular weight excluding hydrogens is 494 g/mol. The van der Waals surface area contributed by atoms with Crippen molar-refractivity contribution in [2.75, 3.05) is 11.5 Å². The van der Waals surface area contributed by atoms with Gasteiger partial charge >= 0.3 is 18.3 Å². The smallest absolute Gasteiger partial charge is 0.489 e. The van der Waals surface area contributed by atoms with Crippen LogP contribution in [-0.2, 0) is 22.3 Å². The first kappa shape index (κ1) is 26.8. The Bertz CT molecular complexity index is 1290. The Morgan fingerprint density at radius 1 is 1.06 bits per heavy atom. The fraction of sp³-hybridized carbons (Fsp3) is 0.250. The van der Waals surface area contributed by atoms with Crippen LogP contribution in [0, 0.1) is 6.92 Å². The Morgan fingerprint density at radius 2 is 1.69 bits per heavy atom. The number of carbonyl (C=O) groups is 2. The van der Waals surface area contributed by atoms with Gasteiger partial charge in [-0.1, -0.05) is 42.5 Å². The number of nitrogens with two attached hydrogens (primary N) is 1. The molecule has 0 bridgehead atoms. The Hall–Kier alpha value is -3.80. The molecule has 3 N–H and O–H groups in total. The van der Waals surface area contributed by atoms with Crippen LogP contribution in [0.4, 0.5) is 32.0 Å². The highest BCUT2D eigenvalue weighted by Crippen LogP contribution is 2.43. The number of ether oxygens (including phenoxy) is 1. The highest BCUT2D eigenvalue weighted by molar-refractivity contribution is 6.00. The molecular formula is C24H20F6N2O4. The predicted octanol–water partition coefficient (Wildman–Crippen LogP) is 5.05. The maximum atomic E-state index is 13.5. The lowest BCUT2D eigenvalue weighted by Crippen LogP contribution is -2.45. The lowest BCUT2D eigenvalue weighted by molar-refractivity contribution is -0.192. The summed E-state index contributed by atoms with van der Waals surface area (Å²) in [6.07, 6.45) is -9.69. The van der Waals surface area contributed by atoms with E-state index in [2.05, 4.69) is 0 Å². The van der Waals surface area contributed by atoms with E-state index in [-0.39, 0.29) is 24.6 Å². The van der Waals surface area contributed by atoms with Crippen molar-refractivity contribution in [3.05, 3.63) is 71.3 Å². The van der Waals surface area contributed by atoms with Gasteiger partial charge in [0, 0.05) is 0 Å². The number of amides is 1. The third kappa shape index (κ3) is 5.70. The van der Waals surface area contributed by atoms with Crippen molar-refractivity contribution >= 4 is 28.3 Å². The van der Waals surface area contributed by atoms with Gasteiger partial charge in [0.05, 0.1) is 17.8 Å². The molecule has 12 heteroatoms. The van der Waals surface area contributed by atoms with Crippen LogP contribution < -0.4 is 15.4 Å². The van der Waals surface area contributed by atoms with Gasteiger partial charge in [-0.3, -0.25) is 4.79 Å². The van der Waals surface area contributed by atoms with Gasteiger partial charge in [-0.2, -0.15) is 26.3 Å². The normalized spacial score (nSPS) is 15.9. The van der Waals surface area contributed by atoms with E-state index in [4.69, 9.17) is 20.4 Å². The number of rotatable bonds is 2. The van der Waals surface area contributed by atoms with Crippen LogP contribution in [0.3, 0.4) is 0 Å². The number of aryl methyl sites for hydroxylation is 1. The summed E-state index contributed by atoms with van der Waals surface area (Å²) < 4.78 is 77.6. The number of hydrogen-bond donors (Lipinski definition) is 2. The van der Waals surface area contributed by atoms with E-state index >= 15 is 0 Å². The quantitative estimate of drug-likeness (QED) is 0.467. The lowest BCUT2D eigenvalue weighted by Gasteiger charge is -2.26. The molecule has 0 aliphatic carbocycles. The Labute approximate surface area is 200 Å². The van der Waals surface area contributed by atoms with E-state index in [1.54, 1.807) is 0 Å². The van der Waals surface area contributed by atoms with Crippen LogP contribution in [0.15, 0.2) is 54.6 Å². The first-order chi connectivity index (χ1) is 16.7. The zero-order valence-corrected chi connectivity index (χ0v) is 18.7. The molecule has 1 amide bonds. The number of benzene rings is 3. The standard InChI is InChI=1S/C22H19F3N2O2.C2HF3O2/c1-13-9-10-14-5-2-3-6-15(14)16(13)11-27-19-8-4-7-17(22(23,24)25)20(19)29-12-18(26)21(27)28;3-2(4,5)1(6)7/h2-10,18H,11-12,26H2,1H3;(H,6,7)/t18-;/m0./s1. The summed E-state index contributed by atoms with van der Waals surface area (Å²) in [7, 11) is 0. The van der Waals surface area contributed by atoms with Crippen LogP contribution in [-0.4, -0.2) is 35.8 Å². The fourth-order valence-corrected chi connectivity index (χ4v) is 3.65. The second-order valence-electron chi connectivity index (χ2n) is 7.88. The lowest BCUT2D eigenvalue weighted by atomic mass is 9.98. The number of fused-ring (bicyclic) bond motifs is 2. The van der Waals surface area contributed by atoms with Crippen LogP contribution >= 0.6 is 0 Å².